The number of carbonyl (C=O) groups is 1. The molecule has 0 saturated heterocycles. The lowest BCUT2D eigenvalue weighted by molar-refractivity contribution is 0.0955. The van der Waals surface area contributed by atoms with Gasteiger partial charge in [-0.2, -0.15) is 0 Å². The lowest BCUT2D eigenvalue weighted by Crippen LogP contribution is -2.27. The Kier molecular flexibility index (Phi) is 3.83. The topological polar surface area (TPSA) is 62.0 Å². The van der Waals surface area contributed by atoms with E-state index in [-0.39, 0.29) is 11.5 Å². The van der Waals surface area contributed by atoms with Crippen molar-refractivity contribution in [3.63, 3.8) is 0 Å². The van der Waals surface area contributed by atoms with Gasteiger partial charge in [0.25, 0.3) is 5.91 Å². The molecule has 0 spiro atoms. The Hall–Kier alpha value is -2.40. The van der Waals surface area contributed by atoms with Gasteiger partial charge in [-0.1, -0.05) is 24.3 Å². The molecule has 4 nitrogen and oxygen atoms in total. The standard InChI is InChI=1S/C16H14N2O2S/c19-15-10-13(12-5-1-2-6-14(12)18-15)16(20)17-8-7-11-4-3-9-21-11/h1-6,9-10H,7-8H2,(H,17,20)(H,18,19). The van der Waals surface area contributed by atoms with Crippen molar-refractivity contribution in [1.82, 2.24) is 10.3 Å². The predicted octanol–water partition coefficient (Wildman–Crippen LogP) is 2.56. The number of amides is 1. The molecule has 1 aromatic carbocycles. The molecule has 21 heavy (non-hydrogen) atoms. The minimum absolute atomic E-state index is 0.214. The summed E-state index contributed by atoms with van der Waals surface area (Å²) in [4.78, 5) is 27.9. The first-order valence-corrected chi connectivity index (χ1v) is 7.54. The van der Waals surface area contributed by atoms with Gasteiger partial charge in [-0.3, -0.25) is 9.59 Å². The van der Waals surface area contributed by atoms with E-state index in [4.69, 9.17) is 0 Å². The third-order valence-electron chi connectivity index (χ3n) is 3.23. The fourth-order valence-electron chi connectivity index (χ4n) is 2.24. The SMILES string of the molecule is O=C(NCCc1cccs1)c1cc(=O)[nH]c2ccccc12. The Morgan fingerprint density at radius 2 is 2.05 bits per heavy atom. The van der Waals surface area contributed by atoms with Gasteiger partial charge >= 0.3 is 0 Å². The number of rotatable bonds is 4. The zero-order valence-electron chi connectivity index (χ0n) is 11.3. The van der Waals surface area contributed by atoms with E-state index in [0.717, 1.165) is 11.8 Å². The van der Waals surface area contributed by atoms with Crippen LogP contribution >= 0.6 is 11.3 Å². The van der Waals surface area contributed by atoms with Crippen LogP contribution in [0.2, 0.25) is 0 Å². The molecule has 0 saturated carbocycles. The average molecular weight is 298 g/mol. The maximum absolute atomic E-state index is 12.3. The highest BCUT2D eigenvalue weighted by Gasteiger charge is 2.11. The van der Waals surface area contributed by atoms with E-state index in [9.17, 15) is 9.59 Å². The van der Waals surface area contributed by atoms with E-state index in [1.165, 1.54) is 10.9 Å². The molecule has 0 radical (unpaired) electrons. The third kappa shape index (κ3) is 3.03. The molecule has 3 rings (SSSR count). The van der Waals surface area contributed by atoms with Gasteiger partial charge in [0.1, 0.15) is 0 Å². The fraction of sp³-hybridized carbons (Fsp3) is 0.125. The number of para-hydroxylation sites is 1. The Morgan fingerprint density at radius 3 is 2.86 bits per heavy atom. The smallest absolute Gasteiger partial charge is 0.252 e. The van der Waals surface area contributed by atoms with Gasteiger partial charge in [0, 0.05) is 28.4 Å². The number of thiophene rings is 1. The first-order chi connectivity index (χ1) is 10.2. The summed E-state index contributed by atoms with van der Waals surface area (Å²) in [5.41, 5.74) is 0.825. The predicted molar refractivity (Wildman–Crippen MR) is 84.9 cm³/mol. The van der Waals surface area contributed by atoms with Crippen molar-refractivity contribution in [3.8, 4) is 0 Å². The summed E-state index contributed by atoms with van der Waals surface area (Å²) in [6.07, 6.45) is 0.796. The Balaban J connectivity index is 1.79. The van der Waals surface area contributed by atoms with E-state index in [2.05, 4.69) is 10.3 Å². The van der Waals surface area contributed by atoms with Crippen LogP contribution in [0, 0.1) is 0 Å². The molecule has 0 fully saturated rings. The number of hydrogen-bond acceptors (Lipinski definition) is 3. The average Bonchev–Trinajstić information content (AvgIpc) is 2.99. The van der Waals surface area contributed by atoms with E-state index in [0.29, 0.717) is 17.6 Å². The zero-order valence-corrected chi connectivity index (χ0v) is 12.1. The molecular weight excluding hydrogens is 284 g/mol. The van der Waals surface area contributed by atoms with Crippen LogP contribution in [0.5, 0.6) is 0 Å². The number of H-pyrrole nitrogens is 1. The first kappa shape index (κ1) is 13.6. The minimum atomic E-state index is -0.267. The summed E-state index contributed by atoms with van der Waals surface area (Å²) in [5.74, 6) is -0.214. The lowest BCUT2D eigenvalue weighted by atomic mass is 10.1. The van der Waals surface area contributed by atoms with Crippen LogP contribution in [-0.4, -0.2) is 17.4 Å². The molecule has 5 heteroatoms. The number of nitrogens with one attached hydrogen (secondary N) is 2. The maximum Gasteiger partial charge on any atom is 0.252 e. The van der Waals surface area contributed by atoms with Crippen LogP contribution in [0.1, 0.15) is 15.2 Å². The van der Waals surface area contributed by atoms with E-state index >= 15 is 0 Å². The van der Waals surface area contributed by atoms with Crippen LogP contribution in [0.3, 0.4) is 0 Å². The first-order valence-electron chi connectivity index (χ1n) is 6.67. The van der Waals surface area contributed by atoms with Crippen molar-refractivity contribution in [2.24, 2.45) is 0 Å². The molecule has 3 aromatic rings. The second kappa shape index (κ2) is 5.93. The Labute approximate surface area is 125 Å². The highest BCUT2D eigenvalue weighted by Crippen LogP contribution is 2.14. The summed E-state index contributed by atoms with van der Waals surface area (Å²) in [6.45, 7) is 0.556. The van der Waals surface area contributed by atoms with Gasteiger partial charge in [0.15, 0.2) is 0 Å². The zero-order chi connectivity index (χ0) is 14.7. The highest BCUT2D eigenvalue weighted by atomic mass is 32.1. The molecule has 0 aliphatic heterocycles. The second-order valence-electron chi connectivity index (χ2n) is 4.68. The second-order valence-corrected chi connectivity index (χ2v) is 5.71. The van der Waals surface area contributed by atoms with Crippen molar-refractivity contribution < 1.29 is 4.79 Å². The molecule has 2 aromatic heterocycles. The molecule has 0 bridgehead atoms. The Morgan fingerprint density at radius 1 is 1.19 bits per heavy atom. The molecule has 2 heterocycles. The van der Waals surface area contributed by atoms with Gasteiger partial charge in [0.05, 0.1) is 5.56 Å². The van der Waals surface area contributed by atoms with Crippen molar-refractivity contribution >= 4 is 28.1 Å². The van der Waals surface area contributed by atoms with Gasteiger partial charge in [0.2, 0.25) is 5.56 Å². The number of aromatic nitrogens is 1. The van der Waals surface area contributed by atoms with Gasteiger partial charge in [-0.15, -0.1) is 11.3 Å². The highest BCUT2D eigenvalue weighted by molar-refractivity contribution is 7.09. The molecule has 0 aliphatic rings. The minimum Gasteiger partial charge on any atom is -0.352 e. The van der Waals surface area contributed by atoms with Gasteiger partial charge < -0.3 is 10.3 Å². The number of benzene rings is 1. The molecule has 2 N–H and O–H groups in total. The van der Waals surface area contributed by atoms with E-state index < -0.39 is 0 Å². The van der Waals surface area contributed by atoms with E-state index in [1.54, 1.807) is 17.4 Å². The van der Waals surface area contributed by atoms with Gasteiger partial charge in [-0.05, 0) is 23.9 Å². The molecule has 0 unspecified atom stereocenters. The summed E-state index contributed by atoms with van der Waals surface area (Å²) in [7, 11) is 0. The number of fused-ring (bicyclic) bond motifs is 1. The summed E-state index contributed by atoms with van der Waals surface area (Å²) in [5, 5.41) is 5.64. The summed E-state index contributed by atoms with van der Waals surface area (Å²) in [6, 6.07) is 12.7. The van der Waals surface area contributed by atoms with Gasteiger partial charge in [-0.25, -0.2) is 0 Å². The molecule has 106 valence electrons. The third-order valence-corrected chi connectivity index (χ3v) is 4.17. The van der Waals surface area contributed by atoms with Crippen LogP contribution in [0.15, 0.2) is 52.6 Å². The number of aromatic amines is 1. The van der Waals surface area contributed by atoms with Crippen LogP contribution in [-0.2, 0) is 6.42 Å². The summed E-state index contributed by atoms with van der Waals surface area (Å²) < 4.78 is 0. The maximum atomic E-state index is 12.3. The molecule has 0 aliphatic carbocycles. The quantitative estimate of drug-likeness (QED) is 0.777. The largest absolute Gasteiger partial charge is 0.352 e. The number of hydrogen-bond donors (Lipinski definition) is 2. The number of pyridine rings is 1. The van der Waals surface area contributed by atoms with Crippen LogP contribution in [0.25, 0.3) is 10.9 Å². The molecular formula is C16H14N2O2S. The van der Waals surface area contributed by atoms with Crippen LogP contribution < -0.4 is 10.9 Å². The monoisotopic (exact) mass is 298 g/mol. The van der Waals surface area contributed by atoms with Crippen molar-refractivity contribution in [2.75, 3.05) is 6.54 Å². The number of carbonyl (C=O) groups excluding carboxylic acids is 1. The van der Waals surface area contributed by atoms with E-state index in [1.807, 2.05) is 35.7 Å². The Bertz CT molecular complexity index is 822. The van der Waals surface area contributed by atoms with Crippen LogP contribution in [0.4, 0.5) is 0 Å². The fourth-order valence-corrected chi connectivity index (χ4v) is 2.95. The van der Waals surface area contributed by atoms with Crippen molar-refractivity contribution in [2.45, 2.75) is 6.42 Å². The van der Waals surface area contributed by atoms with Crippen molar-refractivity contribution in [1.29, 1.82) is 0 Å². The molecule has 1 amide bonds. The normalized spacial score (nSPS) is 10.7. The summed E-state index contributed by atoms with van der Waals surface area (Å²) >= 11 is 1.67. The molecule has 0 atom stereocenters. The van der Waals surface area contributed by atoms with Crippen molar-refractivity contribution in [3.05, 3.63) is 68.6 Å². The lowest BCUT2D eigenvalue weighted by Gasteiger charge is -2.07.